The highest BCUT2D eigenvalue weighted by molar-refractivity contribution is 6.06. The minimum Gasteiger partial charge on any atom is -0.504 e. The van der Waals surface area contributed by atoms with E-state index >= 15 is 0 Å². The Bertz CT molecular complexity index is 794. The molecule has 122 valence electrons. The SMILES string of the molecule is O=C1[C@@H]2[C@H]3C=C[C@@H]([C@@H]4C[C@@H]34)[C@H]2C(=O)N1N=Cc1ccc(O)c(O)c1. The van der Waals surface area contributed by atoms with E-state index in [1.54, 1.807) is 6.07 Å². The highest BCUT2D eigenvalue weighted by atomic mass is 16.3. The maximum absolute atomic E-state index is 12.7. The van der Waals surface area contributed by atoms with Crippen molar-refractivity contribution in [1.82, 2.24) is 5.01 Å². The Labute approximate surface area is 138 Å². The summed E-state index contributed by atoms with van der Waals surface area (Å²) in [6.07, 6.45) is 6.74. The molecule has 6 heteroatoms. The number of allylic oxidation sites excluding steroid dienone is 2. The lowest BCUT2D eigenvalue weighted by atomic mass is 9.63. The molecule has 0 radical (unpaired) electrons. The van der Waals surface area contributed by atoms with Gasteiger partial charge in [0.25, 0.3) is 11.8 Å². The van der Waals surface area contributed by atoms with Crippen LogP contribution in [-0.4, -0.2) is 33.3 Å². The van der Waals surface area contributed by atoms with Gasteiger partial charge in [-0.25, -0.2) is 0 Å². The van der Waals surface area contributed by atoms with E-state index in [1.807, 2.05) is 0 Å². The summed E-state index contributed by atoms with van der Waals surface area (Å²) in [4.78, 5) is 25.4. The number of imide groups is 1. The van der Waals surface area contributed by atoms with Gasteiger partial charge in [-0.3, -0.25) is 9.59 Å². The first-order chi connectivity index (χ1) is 11.6. The number of phenols is 2. The molecule has 2 N–H and O–H groups in total. The predicted octanol–water partition coefficient (Wildman–Crippen LogP) is 1.48. The van der Waals surface area contributed by atoms with E-state index in [0.717, 1.165) is 11.4 Å². The fraction of sp³-hybridized carbons (Fsp3) is 0.389. The zero-order valence-corrected chi connectivity index (χ0v) is 12.7. The van der Waals surface area contributed by atoms with Crippen LogP contribution in [0.25, 0.3) is 0 Å². The normalized spacial score (nSPS) is 38.8. The molecule has 6 rings (SSSR count). The summed E-state index contributed by atoms with van der Waals surface area (Å²) in [6, 6.07) is 4.22. The molecule has 3 fully saturated rings. The molecule has 1 aromatic rings. The zero-order chi connectivity index (χ0) is 16.6. The van der Waals surface area contributed by atoms with Crippen LogP contribution >= 0.6 is 0 Å². The molecule has 2 amide bonds. The summed E-state index contributed by atoms with van der Waals surface area (Å²) in [5.41, 5.74) is 0.504. The van der Waals surface area contributed by atoms with Crippen molar-refractivity contribution in [2.75, 3.05) is 0 Å². The molecule has 1 aromatic carbocycles. The molecule has 5 aliphatic rings. The van der Waals surface area contributed by atoms with Crippen LogP contribution in [0, 0.1) is 35.5 Å². The largest absolute Gasteiger partial charge is 0.504 e. The highest BCUT2D eigenvalue weighted by Gasteiger charge is 2.67. The number of hydrogen-bond donors (Lipinski definition) is 2. The van der Waals surface area contributed by atoms with E-state index in [-0.39, 0.29) is 47.0 Å². The van der Waals surface area contributed by atoms with Gasteiger partial charge in [-0.1, -0.05) is 12.2 Å². The van der Waals surface area contributed by atoms with Crippen molar-refractivity contribution < 1.29 is 19.8 Å². The lowest BCUT2D eigenvalue weighted by Gasteiger charge is -2.37. The summed E-state index contributed by atoms with van der Waals surface area (Å²) in [5.74, 6) is 0.0409. The molecule has 6 atom stereocenters. The molecule has 2 saturated carbocycles. The second-order valence-corrected chi connectivity index (χ2v) is 7.14. The maximum atomic E-state index is 12.7. The van der Waals surface area contributed by atoms with Gasteiger partial charge < -0.3 is 10.2 Å². The highest BCUT2D eigenvalue weighted by Crippen LogP contribution is 2.65. The molecule has 0 aromatic heterocycles. The minimum atomic E-state index is -0.269. The fourth-order valence-electron chi connectivity index (χ4n) is 4.80. The number of benzene rings is 1. The average Bonchev–Trinajstić information content (AvgIpc) is 3.35. The standard InChI is InChI=1S/C18H16N2O4/c21-13-4-1-8(5-14(13)22)7-19-20-17(23)15-9-2-3-10(12-6-11(9)12)16(15)18(20)24/h1-5,7,9-12,15-16,21-22H,6H2/t9-,10-,11-,12-,15+,16+/m0/s1. The van der Waals surface area contributed by atoms with Crippen LogP contribution in [0.4, 0.5) is 0 Å². The summed E-state index contributed by atoms with van der Waals surface area (Å²) in [6.45, 7) is 0. The predicted molar refractivity (Wildman–Crippen MR) is 83.9 cm³/mol. The molecule has 1 saturated heterocycles. The molecule has 4 aliphatic carbocycles. The van der Waals surface area contributed by atoms with Gasteiger partial charge in [0.15, 0.2) is 11.5 Å². The quantitative estimate of drug-likeness (QED) is 0.373. The van der Waals surface area contributed by atoms with E-state index in [1.165, 1.54) is 18.3 Å². The summed E-state index contributed by atoms with van der Waals surface area (Å²) < 4.78 is 0. The van der Waals surface area contributed by atoms with Gasteiger partial charge in [0.2, 0.25) is 0 Å². The molecular formula is C18H16N2O4. The Morgan fingerprint density at radius 3 is 2.21 bits per heavy atom. The number of carbonyl (C=O) groups excluding carboxylic acids is 2. The lowest BCUT2D eigenvalue weighted by Crippen LogP contribution is -2.40. The molecule has 2 bridgehead atoms. The van der Waals surface area contributed by atoms with Crippen molar-refractivity contribution >= 4 is 18.0 Å². The Hall–Kier alpha value is -2.63. The molecule has 6 nitrogen and oxygen atoms in total. The smallest absolute Gasteiger partial charge is 0.254 e. The van der Waals surface area contributed by atoms with E-state index < -0.39 is 0 Å². The van der Waals surface area contributed by atoms with E-state index in [9.17, 15) is 19.8 Å². The maximum Gasteiger partial charge on any atom is 0.254 e. The van der Waals surface area contributed by atoms with Gasteiger partial charge in [-0.05, 0) is 53.9 Å². The average molecular weight is 324 g/mol. The number of nitrogens with zero attached hydrogens (tertiary/aromatic N) is 2. The van der Waals surface area contributed by atoms with Gasteiger partial charge in [-0.15, -0.1) is 0 Å². The molecule has 24 heavy (non-hydrogen) atoms. The molecule has 1 aliphatic heterocycles. The lowest BCUT2D eigenvalue weighted by molar-refractivity contribution is -0.140. The van der Waals surface area contributed by atoms with Gasteiger partial charge in [0.05, 0.1) is 18.1 Å². The Morgan fingerprint density at radius 1 is 1.00 bits per heavy atom. The van der Waals surface area contributed by atoms with E-state index in [2.05, 4.69) is 17.3 Å². The summed E-state index contributed by atoms with van der Waals surface area (Å²) in [5, 5.41) is 23.9. The van der Waals surface area contributed by atoms with Crippen molar-refractivity contribution in [3.63, 3.8) is 0 Å². The second kappa shape index (κ2) is 4.47. The van der Waals surface area contributed by atoms with Gasteiger partial charge in [0, 0.05) is 0 Å². The number of amides is 2. The van der Waals surface area contributed by atoms with Crippen molar-refractivity contribution in [3.8, 4) is 11.5 Å². The van der Waals surface area contributed by atoms with Crippen LogP contribution in [0.15, 0.2) is 35.5 Å². The Kier molecular flexibility index (Phi) is 2.56. The van der Waals surface area contributed by atoms with Crippen LogP contribution in [0.5, 0.6) is 11.5 Å². The van der Waals surface area contributed by atoms with Crippen LogP contribution in [0.2, 0.25) is 0 Å². The topological polar surface area (TPSA) is 90.2 Å². The monoisotopic (exact) mass is 324 g/mol. The van der Waals surface area contributed by atoms with Crippen molar-refractivity contribution in [2.24, 2.45) is 40.6 Å². The van der Waals surface area contributed by atoms with Gasteiger partial charge >= 0.3 is 0 Å². The number of phenolic OH excluding ortho intramolecular Hbond substituents is 2. The van der Waals surface area contributed by atoms with Gasteiger partial charge in [-0.2, -0.15) is 10.1 Å². The first-order valence-corrected chi connectivity index (χ1v) is 8.18. The number of hydrogen-bond acceptors (Lipinski definition) is 5. The number of aromatic hydroxyl groups is 2. The summed E-state index contributed by atoms with van der Waals surface area (Å²) in [7, 11) is 0. The van der Waals surface area contributed by atoms with Crippen LogP contribution in [0.1, 0.15) is 12.0 Å². The van der Waals surface area contributed by atoms with E-state index in [4.69, 9.17) is 0 Å². The Balaban J connectivity index is 1.44. The Morgan fingerprint density at radius 2 is 1.62 bits per heavy atom. The number of hydrazone groups is 1. The van der Waals surface area contributed by atoms with Gasteiger partial charge in [0.1, 0.15) is 0 Å². The van der Waals surface area contributed by atoms with Crippen LogP contribution in [-0.2, 0) is 9.59 Å². The minimum absolute atomic E-state index is 0.180. The van der Waals surface area contributed by atoms with Crippen molar-refractivity contribution in [1.29, 1.82) is 0 Å². The first-order valence-electron chi connectivity index (χ1n) is 8.18. The first kappa shape index (κ1) is 13.8. The van der Waals surface area contributed by atoms with Crippen LogP contribution in [0.3, 0.4) is 0 Å². The molecule has 0 spiro atoms. The van der Waals surface area contributed by atoms with Crippen molar-refractivity contribution in [2.45, 2.75) is 6.42 Å². The number of carbonyl (C=O) groups is 2. The zero-order valence-electron chi connectivity index (χ0n) is 12.7. The third-order valence-electron chi connectivity index (χ3n) is 5.96. The second-order valence-electron chi connectivity index (χ2n) is 7.14. The third-order valence-corrected chi connectivity index (χ3v) is 5.96. The fourth-order valence-corrected chi connectivity index (χ4v) is 4.80. The molecule has 0 unspecified atom stereocenters. The summed E-state index contributed by atoms with van der Waals surface area (Å²) >= 11 is 0. The van der Waals surface area contributed by atoms with Crippen molar-refractivity contribution in [3.05, 3.63) is 35.9 Å². The molecular weight excluding hydrogens is 308 g/mol. The van der Waals surface area contributed by atoms with Crippen LogP contribution < -0.4 is 0 Å². The molecule has 1 heterocycles. The van der Waals surface area contributed by atoms with E-state index in [0.29, 0.717) is 17.4 Å². The number of rotatable bonds is 2. The third kappa shape index (κ3) is 1.68.